The molecule has 2 aromatic rings. The van der Waals surface area contributed by atoms with Crippen LogP contribution >= 0.6 is 0 Å². The average molecular weight is 328 g/mol. The van der Waals surface area contributed by atoms with Crippen LogP contribution in [0, 0.1) is 0 Å². The normalized spacial score (nSPS) is 9.50. The molecule has 128 valence electrons. The minimum absolute atomic E-state index is 0.181. The van der Waals surface area contributed by atoms with Gasteiger partial charge >= 0.3 is 0 Å². The van der Waals surface area contributed by atoms with E-state index >= 15 is 0 Å². The molecule has 0 amide bonds. The van der Waals surface area contributed by atoms with Crippen molar-refractivity contribution in [1.82, 2.24) is 0 Å². The lowest BCUT2D eigenvalue weighted by Gasteiger charge is -2.00. The number of carbonyl (C=O) groups excluding carboxylic acids is 2. The van der Waals surface area contributed by atoms with Crippen LogP contribution in [0.2, 0.25) is 0 Å². The van der Waals surface area contributed by atoms with Gasteiger partial charge in [0.1, 0.15) is 23.1 Å². The second-order valence-corrected chi connectivity index (χ2v) is 5.45. The second-order valence-electron chi connectivity index (χ2n) is 5.45. The van der Waals surface area contributed by atoms with Crippen LogP contribution in [0.3, 0.4) is 0 Å². The molecule has 0 fully saturated rings. The Kier molecular flexibility index (Phi) is 8.26. The van der Waals surface area contributed by atoms with E-state index < -0.39 is 0 Å². The first-order chi connectivity index (χ1) is 11.4. The van der Waals surface area contributed by atoms with Gasteiger partial charge in [0.25, 0.3) is 0 Å². The first-order valence-electron chi connectivity index (χ1n) is 7.69. The summed E-state index contributed by atoms with van der Waals surface area (Å²) in [4.78, 5) is 21.5. The van der Waals surface area contributed by atoms with Crippen LogP contribution < -0.4 is 9.47 Å². The lowest BCUT2D eigenvalue weighted by Crippen LogP contribution is -1.95. The highest BCUT2D eigenvalue weighted by Crippen LogP contribution is 2.12. The van der Waals surface area contributed by atoms with Crippen LogP contribution in [-0.4, -0.2) is 25.8 Å². The third-order valence-corrected chi connectivity index (χ3v) is 3.22. The average Bonchev–Trinajstić information content (AvgIpc) is 2.56. The van der Waals surface area contributed by atoms with Gasteiger partial charge in [0.15, 0.2) is 0 Å². The molecule has 0 aliphatic rings. The van der Waals surface area contributed by atoms with Gasteiger partial charge in [-0.2, -0.15) is 0 Å². The Bertz CT molecular complexity index is 583. The molecule has 0 saturated heterocycles. The molecule has 2 aromatic carbocycles. The van der Waals surface area contributed by atoms with Crippen molar-refractivity contribution in [2.45, 2.75) is 26.7 Å². The molecule has 24 heavy (non-hydrogen) atoms. The molecule has 0 spiro atoms. The lowest BCUT2D eigenvalue weighted by molar-refractivity contribution is -0.117. The van der Waals surface area contributed by atoms with E-state index in [0.29, 0.717) is 12.8 Å². The monoisotopic (exact) mass is 328 g/mol. The summed E-state index contributed by atoms with van der Waals surface area (Å²) in [5, 5.41) is 0. The van der Waals surface area contributed by atoms with Crippen molar-refractivity contribution in [1.29, 1.82) is 0 Å². The number of hydrogen-bond acceptors (Lipinski definition) is 4. The maximum absolute atomic E-state index is 10.7. The summed E-state index contributed by atoms with van der Waals surface area (Å²) in [6.07, 6.45) is 1.01. The smallest absolute Gasteiger partial charge is 0.134 e. The third kappa shape index (κ3) is 7.58. The summed E-state index contributed by atoms with van der Waals surface area (Å²) >= 11 is 0. The molecule has 0 aromatic heterocycles. The highest BCUT2D eigenvalue weighted by Gasteiger charge is 1.97. The van der Waals surface area contributed by atoms with E-state index in [4.69, 9.17) is 9.47 Å². The van der Waals surface area contributed by atoms with Crippen molar-refractivity contribution in [2.24, 2.45) is 0 Å². The Morgan fingerprint density at radius 2 is 0.958 bits per heavy atom. The minimum Gasteiger partial charge on any atom is -0.497 e. The number of methoxy groups -OCH3 is 2. The van der Waals surface area contributed by atoms with Gasteiger partial charge in [0.05, 0.1) is 14.2 Å². The zero-order valence-electron chi connectivity index (χ0n) is 14.7. The fourth-order valence-corrected chi connectivity index (χ4v) is 2.06. The summed E-state index contributed by atoms with van der Waals surface area (Å²) in [7, 11) is 3.25. The molecule has 0 heterocycles. The number of ether oxygens (including phenoxy) is 2. The predicted octanol–water partition coefficient (Wildman–Crippen LogP) is 3.65. The summed E-state index contributed by atoms with van der Waals surface area (Å²) in [6.45, 7) is 3.18. The van der Waals surface area contributed by atoms with Gasteiger partial charge in [-0.15, -0.1) is 0 Å². The van der Waals surface area contributed by atoms with E-state index in [-0.39, 0.29) is 11.6 Å². The zero-order chi connectivity index (χ0) is 17.9. The Balaban J connectivity index is 0.000000240. The fourth-order valence-electron chi connectivity index (χ4n) is 2.06. The van der Waals surface area contributed by atoms with Crippen LogP contribution in [0.4, 0.5) is 0 Å². The predicted molar refractivity (Wildman–Crippen MR) is 94.8 cm³/mol. The molecule has 0 N–H and O–H groups in total. The van der Waals surface area contributed by atoms with E-state index in [9.17, 15) is 9.59 Å². The van der Waals surface area contributed by atoms with E-state index in [2.05, 4.69) is 0 Å². The molecule has 0 atom stereocenters. The van der Waals surface area contributed by atoms with Crippen LogP contribution in [0.1, 0.15) is 25.0 Å². The van der Waals surface area contributed by atoms with E-state index in [1.165, 1.54) is 0 Å². The Hall–Kier alpha value is -2.62. The van der Waals surface area contributed by atoms with Gasteiger partial charge in [-0.25, -0.2) is 0 Å². The molecule has 0 radical (unpaired) electrons. The molecule has 0 saturated carbocycles. The summed E-state index contributed by atoms with van der Waals surface area (Å²) in [5.74, 6) is 2.00. The zero-order valence-corrected chi connectivity index (χ0v) is 14.7. The standard InChI is InChI=1S/2C10H12O2/c2*1-8(11)7-9-3-5-10(12-2)6-4-9/h2*3-6H,7H2,1-2H3. The molecule has 0 aliphatic heterocycles. The number of Topliss-reactive ketones (excluding diaryl/α,β-unsaturated/α-hetero) is 2. The minimum atomic E-state index is 0.181. The fraction of sp³-hybridized carbons (Fsp3) is 0.300. The van der Waals surface area contributed by atoms with E-state index in [1.807, 2.05) is 48.5 Å². The van der Waals surface area contributed by atoms with Crippen molar-refractivity contribution in [3.8, 4) is 11.5 Å². The molecular weight excluding hydrogens is 304 g/mol. The largest absolute Gasteiger partial charge is 0.497 e. The molecule has 0 unspecified atom stereocenters. The van der Waals surface area contributed by atoms with Gasteiger partial charge in [-0.05, 0) is 49.2 Å². The number of hydrogen-bond donors (Lipinski definition) is 0. The van der Waals surface area contributed by atoms with Gasteiger partial charge in [0, 0.05) is 12.8 Å². The van der Waals surface area contributed by atoms with Gasteiger partial charge in [0.2, 0.25) is 0 Å². The number of carbonyl (C=O) groups is 2. The van der Waals surface area contributed by atoms with Crippen LogP contribution in [0.5, 0.6) is 11.5 Å². The van der Waals surface area contributed by atoms with Crippen molar-refractivity contribution in [3.63, 3.8) is 0 Å². The van der Waals surface area contributed by atoms with Crippen molar-refractivity contribution >= 4 is 11.6 Å². The van der Waals surface area contributed by atoms with E-state index in [1.54, 1.807) is 28.1 Å². The van der Waals surface area contributed by atoms with Crippen molar-refractivity contribution < 1.29 is 19.1 Å². The molecule has 0 aliphatic carbocycles. The van der Waals surface area contributed by atoms with Gasteiger partial charge in [-0.1, -0.05) is 24.3 Å². The molecule has 4 heteroatoms. The quantitative estimate of drug-likeness (QED) is 0.812. The van der Waals surface area contributed by atoms with E-state index in [0.717, 1.165) is 22.6 Å². The highest BCUT2D eigenvalue weighted by molar-refractivity contribution is 5.78. The molecule has 4 nitrogen and oxygen atoms in total. The van der Waals surface area contributed by atoms with Gasteiger partial charge < -0.3 is 9.47 Å². The Morgan fingerprint density at radius 3 is 1.17 bits per heavy atom. The van der Waals surface area contributed by atoms with Crippen LogP contribution in [0.25, 0.3) is 0 Å². The topological polar surface area (TPSA) is 52.6 Å². The summed E-state index contributed by atoms with van der Waals surface area (Å²) in [6, 6.07) is 15.0. The van der Waals surface area contributed by atoms with Crippen LogP contribution in [-0.2, 0) is 22.4 Å². The first-order valence-corrected chi connectivity index (χ1v) is 7.69. The summed E-state index contributed by atoms with van der Waals surface area (Å²) < 4.78 is 9.98. The molecule has 2 rings (SSSR count). The maximum Gasteiger partial charge on any atom is 0.134 e. The lowest BCUT2D eigenvalue weighted by atomic mass is 10.1. The number of ketones is 2. The molecule has 0 bridgehead atoms. The SMILES string of the molecule is COc1ccc(CC(C)=O)cc1.COc1ccc(CC(C)=O)cc1. The van der Waals surface area contributed by atoms with Crippen molar-refractivity contribution in [3.05, 3.63) is 59.7 Å². The second kappa shape index (κ2) is 10.2. The number of rotatable bonds is 6. The summed E-state index contributed by atoms with van der Waals surface area (Å²) in [5.41, 5.74) is 2.06. The first kappa shape index (κ1) is 19.4. The van der Waals surface area contributed by atoms with Crippen molar-refractivity contribution in [2.75, 3.05) is 14.2 Å². The Labute approximate surface area is 143 Å². The Morgan fingerprint density at radius 1 is 0.667 bits per heavy atom. The van der Waals surface area contributed by atoms with Gasteiger partial charge in [-0.3, -0.25) is 9.59 Å². The maximum atomic E-state index is 10.7. The van der Waals surface area contributed by atoms with Crippen LogP contribution in [0.15, 0.2) is 48.5 Å². The number of benzene rings is 2. The third-order valence-electron chi connectivity index (χ3n) is 3.22. The highest BCUT2D eigenvalue weighted by atomic mass is 16.5. The molecular formula is C20H24O4.